The largest absolute Gasteiger partial charge is 0.573 e. The normalized spacial score (nSPS) is 11.7. The summed E-state index contributed by atoms with van der Waals surface area (Å²) in [6, 6.07) is 5.44. The van der Waals surface area contributed by atoms with E-state index >= 15 is 0 Å². The molecular formula is C23H21F3N6O3. The number of hydrogen-bond donors (Lipinski definition) is 0. The second-order valence-corrected chi connectivity index (χ2v) is 7.39. The molecule has 35 heavy (non-hydrogen) atoms. The third kappa shape index (κ3) is 7.95. The third-order valence-corrected chi connectivity index (χ3v) is 4.69. The molecule has 0 aliphatic heterocycles. The molecule has 0 fully saturated rings. The molecule has 0 unspecified atom stereocenters. The number of rotatable bonds is 11. The summed E-state index contributed by atoms with van der Waals surface area (Å²) in [6.07, 6.45) is 9.45. The predicted octanol–water partition coefficient (Wildman–Crippen LogP) is 4.73. The van der Waals surface area contributed by atoms with E-state index in [0.29, 0.717) is 23.0 Å². The molecule has 182 valence electrons. The molecule has 4 rings (SSSR count). The van der Waals surface area contributed by atoms with Crippen LogP contribution in [0.15, 0.2) is 59.7 Å². The van der Waals surface area contributed by atoms with Gasteiger partial charge in [-0.25, -0.2) is 9.97 Å². The fraction of sp³-hybridized carbons (Fsp3) is 0.261. The van der Waals surface area contributed by atoms with Gasteiger partial charge in [-0.2, -0.15) is 0 Å². The first-order valence-electron chi connectivity index (χ1n) is 10.7. The second-order valence-electron chi connectivity index (χ2n) is 7.39. The van der Waals surface area contributed by atoms with Crippen LogP contribution in [0.5, 0.6) is 11.6 Å². The van der Waals surface area contributed by atoms with E-state index in [9.17, 15) is 13.2 Å². The van der Waals surface area contributed by atoms with Crippen molar-refractivity contribution < 1.29 is 27.1 Å². The van der Waals surface area contributed by atoms with Gasteiger partial charge < -0.3 is 13.9 Å². The maximum absolute atomic E-state index is 12.2. The lowest BCUT2D eigenvalue weighted by Gasteiger charge is -2.08. The molecule has 3 aromatic heterocycles. The van der Waals surface area contributed by atoms with Crippen molar-refractivity contribution in [3.8, 4) is 11.6 Å². The first-order chi connectivity index (χ1) is 16.9. The number of aryl methyl sites for hydroxylation is 2. The van der Waals surface area contributed by atoms with Gasteiger partial charge in [0.05, 0.1) is 24.3 Å². The highest BCUT2D eigenvalue weighted by molar-refractivity contribution is 5.66. The van der Waals surface area contributed by atoms with Crippen molar-refractivity contribution in [3.63, 3.8) is 0 Å². The number of benzene rings is 1. The van der Waals surface area contributed by atoms with Crippen LogP contribution in [-0.4, -0.2) is 36.3 Å². The monoisotopic (exact) mass is 486 g/mol. The van der Waals surface area contributed by atoms with E-state index in [0.717, 1.165) is 31.5 Å². The van der Waals surface area contributed by atoms with Crippen LogP contribution < -0.4 is 9.47 Å². The highest BCUT2D eigenvalue weighted by Crippen LogP contribution is 2.23. The molecule has 0 saturated heterocycles. The molecule has 12 heteroatoms. The van der Waals surface area contributed by atoms with Crippen molar-refractivity contribution >= 4 is 12.2 Å². The molecule has 0 aliphatic carbocycles. The first kappa shape index (κ1) is 23.9. The van der Waals surface area contributed by atoms with Gasteiger partial charge in [-0.05, 0) is 43.0 Å². The Labute approximate surface area is 198 Å². The summed E-state index contributed by atoms with van der Waals surface area (Å²) < 4.78 is 53.3. The van der Waals surface area contributed by atoms with Gasteiger partial charge in [0.15, 0.2) is 0 Å². The Morgan fingerprint density at radius 3 is 2.57 bits per heavy atom. The summed E-state index contributed by atoms with van der Waals surface area (Å²) in [5.74, 6) is 0.411. The lowest BCUT2D eigenvalue weighted by atomic mass is 10.2. The van der Waals surface area contributed by atoms with Gasteiger partial charge in [-0.3, -0.25) is 9.67 Å². The van der Waals surface area contributed by atoms with Crippen molar-refractivity contribution in [1.82, 2.24) is 29.9 Å². The van der Waals surface area contributed by atoms with Crippen LogP contribution in [0.4, 0.5) is 13.2 Å². The number of nitrogens with zero attached hydrogens (tertiary/aromatic N) is 6. The van der Waals surface area contributed by atoms with Crippen LogP contribution in [0.25, 0.3) is 12.2 Å². The fourth-order valence-corrected chi connectivity index (χ4v) is 3.04. The van der Waals surface area contributed by atoms with Crippen molar-refractivity contribution in [2.75, 3.05) is 0 Å². The smallest absolute Gasteiger partial charge is 0.470 e. The van der Waals surface area contributed by atoms with E-state index in [1.807, 2.05) is 6.20 Å². The van der Waals surface area contributed by atoms with Crippen LogP contribution in [0, 0.1) is 0 Å². The fourth-order valence-electron chi connectivity index (χ4n) is 3.04. The average molecular weight is 486 g/mol. The molecule has 9 nitrogen and oxygen atoms in total. The molecule has 0 bridgehead atoms. The highest BCUT2D eigenvalue weighted by atomic mass is 19.4. The standard InChI is InChI=1S/C23H21F3N6O3/c24-23(25,26)35-20-7-4-17(5-8-20)6-9-21-30-19(15-33-21)16-34-22-14-27-18(13-28-22)3-1-2-11-32-12-10-29-31-32/h4-10,12-15H,1-3,11,16H2/b9-6+. The van der Waals surface area contributed by atoms with Gasteiger partial charge in [0, 0.05) is 18.8 Å². The minimum Gasteiger partial charge on any atom is -0.470 e. The summed E-state index contributed by atoms with van der Waals surface area (Å²) in [5.41, 5.74) is 2.09. The lowest BCUT2D eigenvalue weighted by Crippen LogP contribution is -2.16. The van der Waals surface area contributed by atoms with Crippen molar-refractivity contribution in [1.29, 1.82) is 0 Å². The number of aromatic nitrogens is 6. The maximum atomic E-state index is 12.2. The number of hydrogen-bond acceptors (Lipinski definition) is 8. The summed E-state index contributed by atoms with van der Waals surface area (Å²) in [4.78, 5) is 12.9. The van der Waals surface area contributed by atoms with Crippen LogP contribution in [0.3, 0.4) is 0 Å². The van der Waals surface area contributed by atoms with Crippen LogP contribution in [0.1, 0.15) is 35.7 Å². The van der Waals surface area contributed by atoms with Crippen molar-refractivity contribution in [2.24, 2.45) is 0 Å². The molecule has 4 aromatic rings. The van der Waals surface area contributed by atoms with E-state index in [1.165, 1.54) is 30.5 Å². The van der Waals surface area contributed by atoms with Crippen LogP contribution in [0.2, 0.25) is 0 Å². The predicted molar refractivity (Wildman–Crippen MR) is 118 cm³/mol. The molecule has 0 amide bonds. The molecule has 0 atom stereocenters. The number of oxazole rings is 1. The summed E-state index contributed by atoms with van der Waals surface area (Å²) in [5, 5.41) is 7.70. The number of alkyl halides is 3. The Kier molecular flexibility index (Phi) is 7.70. The maximum Gasteiger partial charge on any atom is 0.573 e. The van der Waals surface area contributed by atoms with Gasteiger partial charge in [0.2, 0.25) is 11.8 Å². The van der Waals surface area contributed by atoms with E-state index in [2.05, 4.69) is 30.0 Å². The molecule has 0 spiro atoms. The second kappa shape index (κ2) is 11.3. The van der Waals surface area contributed by atoms with E-state index in [4.69, 9.17) is 9.15 Å². The summed E-state index contributed by atoms with van der Waals surface area (Å²) in [7, 11) is 0. The number of ether oxygens (including phenoxy) is 2. The first-order valence-corrected chi connectivity index (χ1v) is 10.7. The molecule has 3 heterocycles. The van der Waals surface area contributed by atoms with Gasteiger partial charge in [0.25, 0.3) is 0 Å². The van der Waals surface area contributed by atoms with Crippen molar-refractivity contribution in [2.45, 2.75) is 38.8 Å². The van der Waals surface area contributed by atoms with Gasteiger partial charge >= 0.3 is 6.36 Å². The Hall–Kier alpha value is -4.22. The molecule has 1 aromatic carbocycles. The van der Waals surface area contributed by atoms with E-state index in [1.54, 1.807) is 35.4 Å². The minimum absolute atomic E-state index is 0.146. The zero-order valence-electron chi connectivity index (χ0n) is 18.4. The van der Waals surface area contributed by atoms with Crippen LogP contribution >= 0.6 is 0 Å². The van der Waals surface area contributed by atoms with Gasteiger partial charge in [0.1, 0.15) is 24.3 Å². The van der Waals surface area contributed by atoms with Gasteiger partial charge in [-0.1, -0.05) is 17.3 Å². The Morgan fingerprint density at radius 2 is 1.86 bits per heavy atom. The van der Waals surface area contributed by atoms with E-state index < -0.39 is 6.36 Å². The van der Waals surface area contributed by atoms with Crippen molar-refractivity contribution in [3.05, 3.63) is 78.2 Å². The van der Waals surface area contributed by atoms with Gasteiger partial charge in [-0.15, -0.1) is 18.3 Å². The quantitative estimate of drug-likeness (QED) is 0.281. The summed E-state index contributed by atoms with van der Waals surface area (Å²) >= 11 is 0. The molecular weight excluding hydrogens is 465 g/mol. The number of unbranched alkanes of at least 4 members (excludes halogenated alkanes) is 1. The molecule has 0 aliphatic rings. The lowest BCUT2D eigenvalue weighted by molar-refractivity contribution is -0.274. The summed E-state index contributed by atoms with van der Waals surface area (Å²) in [6.45, 7) is 0.958. The highest BCUT2D eigenvalue weighted by Gasteiger charge is 2.30. The third-order valence-electron chi connectivity index (χ3n) is 4.69. The van der Waals surface area contributed by atoms with Crippen LogP contribution in [-0.2, 0) is 19.6 Å². The molecule has 0 N–H and O–H groups in total. The minimum atomic E-state index is -4.72. The number of halogens is 3. The average Bonchev–Trinajstić information content (AvgIpc) is 3.52. The SMILES string of the molecule is FC(F)(F)Oc1ccc(/C=C/c2nc(COc3cnc(CCCCn4ccnn4)cn3)co2)cc1. The Balaban J connectivity index is 1.20. The molecule has 0 saturated carbocycles. The Morgan fingerprint density at radius 1 is 1.00 bits per heavy atom. The molecule has 0 radical (unpaired) electrons. The topological polar surface area (TPSA) is 101 Å². The van der Waals surface area contributed by atoms with E-state index in [-0.39, 0.29) is 12.4 Å². The zero-order valence-corrected chi connectivity index (χ0v) is 18.4. The Bertz CT molecular complexity index is 1210. The zero-order chi connectivity index (χ0) is 24.5.